The van der Waals surface area contributed by atoms with Crippen molar-refractivity contribution in [2.45, 2.75) is 39.8 Å². The van der Waals surface area contributed by atoms with E-state index in [0.29, 0.717) is 24.5 Å². The van der Waals surface area contributed by atoms with Gasteiger partial charge in [0.2, 0.25) is 0 Å². The van der Waals surface area contributed by atoms with Crippen LogP contribution in [0.5, 0.6) is 5.75 Å². The van der Waals surface area contributed by atoms with E-state index in [1.54, 1.807) is 29.2 Å². The molecule has 0 saturated heterocycles. The standard InChI is InChI=1S/C24H30N2O5/c1-5-30-20-14-10-9-13-19(20)23(29)25-15-22(28)31-17-21(27)26(24(2,3)4)16-18-11-7-6-8-12-18/h6-14H,5,15-17H2,1-4H3,(H,25,29). The van der Waals surface area contributed by atoms with Crippen molar-refractivity contribution in [2.75, 3.05) is 19.8 Å². The normalized spacial score (nSPS) is 10.8. The Morgan fingerprint density at radius 1 is 0.968 bits per heavy atom. The van der Waals surface area contributed by atoms with Crippen LogP contribution in [-0.4, -0.2) is 48.0 Å². The lowest BCUT2D eigenvalue weighted by atomic mass is 10.0. The molecular weight excluding hydrogens is 396 g/mol. The van der Waals surface area contributed by atoms with Crippen LogP contribution >= 0.6 is 0 Å². The number of carbonyl (C=O) groups excluding carboxylic acids is 3. The van der Waals surface area contributed by atoms with E-state index in [1.165, 1.54) is 0 Å². The molecule has 0 bridgehead atoms. The van der Waals surface area contributed by atoms with Gasteiger partial charge in [-0.1, -0.05) is 42.5 Å². The number of hydrogen-bond acceptors (Lipinski definition) is 5. The van der Waals surface area contributed by atoms with Gasteiger partial charge in [-0.25, -0.2) is 0 Å². The Balaban J connectivity index is 1.89. The van der Waals surface area contributed by atoms with E-state index in [9.17, 15) is 14.4 Å². The Labute approximate surface area is 183 Å². The fourth-order valence-corrected chi connectivity index (χ4v) is 2.92. The lowest BCUT2D eigenvalue weighted by molar-refractivity contribution is -0.153. The molecule has 0 aromatic heterocycles. The van der Waals surface area contributed by atoms with E-state index in [2.05, 4.69) is 5.32 Å². The lowest BCUT2D eigenvalue weighted by Crippen LogP contribution is -2.47. The Morgan fingerprint density at radius 3 is 2.26 bits per heavy atom. The molecule has 0 aliphatic rings. The van der Waals surface area contributed by atoms with Crippen LogP contribution in [0.25, 0.3) is 0 Å². The van der Waals surface area contributed by atoms with Gasteiger partial charge >= 0.3 is 5.97 Å². The van der Waals surface area contributed by atoms with Crippen molar-refractivity contribution in [3.63, 3.8) is 0 Å². The third-order valence-corrected chi connectivity index (χ3v) is 4.48. The van der Waals surface area contributed by atoms with Crippen LogP contribution in [0.3, 0.4) is 0 Å². The lowest BCUT2D eigenvalue weighted by Gasteiger charge is -2.35. The van der Waals surface area contributed by atoms with Crippen LogP contribution in [0, 0.1) is 0 Å². The average molecular weight is 427 g/mol. The second kappa shape index (κ2) is 11.2. The maximum absolute atomic E-state index is 12.7. The third-order valence-electron chi connectivity index (χ3n) is 4.48. The van der Waals surface area contributed by atoms with E-state index >= 15 is 0 Å². The van der Waals surface area contributed by atoms with Crippen molar-refractivity contribution in [1.29, 1.82) is 0 Å². The number of nitrogens with one attached hydrogen (secondary N) is 1. The topological polar surface area (TPSA) is 84.9 Å². The molecule has 2 aromatic rings. The van der Waals surface area contributed by atoms with E-state index in [4.69, 9.17) is 9.47 Å². The summed E-state index contributed by atoms with van der Waals surface area (Å²) in [6.07, 6.45) is 0. The smallest absolute Gasteiger partial charge is 0.325 e. The highest BCUT2D eigenvalue weighted by atomic mass is 16.5. The molecule has 0 saturated carbocycles. The predicted molar refractivity (Wildman–Crippen MR) is 118 cm³/mol. The number of para-hydroxylation sites is 1. The number of hydrogen-bond donors (Lipinski definition) is 1. The fraction of sp³-hybridized carbons (Fsp3) is 0.375. The van der Waals surface area contributed by atoms with Gasteiger partial charge in [0.05, 0.1) is 12.2 Å². The highest BCUT2D eigenvalue weighted by Crippen LogP contribution is 2.18. The summed E-state index contributed by atoms with van der Waals surface area (Å²) >= 11 is 0. The zero-order chi connectivity index (χ0) is 22.9. The van der Waals surface area contributed by atoms with Gasteiger partial charge in [-0.2, -0.15) is 0 Å². The van der Waals surface area contributed by atoms with Crippen molar-refractivity contribution in [3.8, 4) is 5.75 Å². The van der Waals surface area contributed by atoms with Crippen molar-refractivity contribution in [2.24, 2.45) is 0 Å². The van der Waals surface area contributed by atoms with Gasteiger partial charge < -0.3 is 19.7 Å². The number of ether oxygens (including phenoxy) is 2. The van der Waals surface area contributed by atoms with Crippen molar-refractivity contribution in [3.05, 3.63) is 65.7 Å². The van der Waals surface area contributed by atoms with Gasteiger partial charge in [0.1, 0.15) is 12.3 Å². The minimum absolute atomic E-state index is 0.308. The van der Waals surface area contributed by atoms with Crippen LogP contribution < -0.4 is 10.1 Å². The minimum atomic E-state index is -0.691. The molecule has 1 N–H and O–H groups in total. The highest BCUT2D eigenvalue weighted by Gasteiger charge is 2.27. The molecule has 0 unspecified atom stereocenters. The average Bonchev–Trinajstić information content (AvgIpc) is 2.74. The third kappa shape index (κ3) is 7.44. The van der Waals surface area contributed by atoms with E-state index in [-0.39, 0.29) is 12.5 Å². The van der Waals surface area contributed by atoms with Gasteiger partial charge in [-0.3, -0.25) is 14.4 Å². The molecule has 0 aliphatic carbocycles. The van der Waals surface area contributed by atoms with Crippen LogP contribution in [0.2, 0.25) is 0 Å². The molecular formula is C24H30N2O5. The van der Waals surface area contributed by atoms with Gasteiger partial charge in [0.25, 0.3) is 11.8 Å². The minimum Gasteiger partial charge on any atom is -0.493 e. The van der Waals surface area contributed by atoms with Gasteiger partial charge in [0.15, 0.2) is 6.61 Å². The molecule has 2 rings (SSSR count). The summed E-state index contributed by atoms with van der Waals surface area (Å²) in [5, 5.41) is 2.50. The van der Waals surface area contributed by atoms with Gasteiger partial charge in [-0.05, 0) is 45.4 Å². The largest absolute Gasteiger partial charge is 0.493 e. The quantitative estimate of drug-likeness (QED) is 0.623. The van der Waals surface area contributed by atoms with Crippen molar-refractivity contribution in [1.82, 2.24) is 10.2 Å². The maximum Gasteiger partial charge on any atom is 0.325 e. The number of carbonyl (C=O) groups is 3. The first-order chi connectivity index (χ1) is 14.7. The number of benzene rings is 2. The summed E-state index contributed by atoms with van der Waals surface area (Å²) in [6, 6.07) is 16.4. The maximum atomic E-state index is 12.7. The summed E-state index contributed by atoms with van der Waals surface area (Å²) in [7, 11) is 0. The molecule has 0 aliphatic heterocycles. The zero-order valence-electron chi connectivity index (χ0n) is 18.5. The number of esters is 1. The summed E-state index contributed by atoms with van der Waals surface area (Å²) in [5.41, 5.74) is 0.864. The molecule has 2 amide bonds. The monoisotopic (exact) mass is 426 g/mol. The summed E-state index contributed by atoms with van der Waals surface area (Å²) in [4.78, 5) is 38.8. The zero-order valence-corrected chi connectivity index (χ0v) is 18.5. The molecule has 0 spiro atoms. The summed E-state index contributed by atoms with van der Waals surface area (Å²) in [5.74, 6) is -1.01. The van der Waals surface area contributed by atoms with Crippen LogP contribution in [0.1, 0.15) is 43.6 Å². The number of rotatable bonds is 9. The Kier molecular flexibility index (Phi) is 8.61. The molecule has 0 heterocycles. The highest BCUT2D eigenvalue weighted by molar-refractivity contribution is 5.98. The van der Waals surface area contributed by atoms with Crippen LogP contribution in [0.4, 0.5) is 0 Å². The molecule has 7 heteroatoms. The first-order valence-corrected chi connectivity index (χ1v) is 10.2. The fourth-order valence-electron chi connectivity index (χ4n) is 2.92. The van der Waals surface area contributed by atoms with Gasteiger partial charge in [0, 0.05) is 12.1 Å². The van der Waals surface area contributed by atoms with E-state index in [1.807, 2.05) is 58.0 Å². The Hall–Kier alpha value is -3.35. The van der Waals surface area contributed by atoms with E-state index in [0.717, 1.165) is 5.56 Å². The number of amides is 2. The number of nitrogens with zero attached hydrogens (tertiary/aromatic N) is 1. The Bertz CT molecular complexity index is 890. The summed E-state index contributed by atoms with van der Waals surface area (Å²) in [6.45, 7) is 7.67. The molecule has 2 aromatic carbocycles. The SMILES string of the molecule is CCOc1ccccc1C(=O)NCC(=O)OCC(=O)N(Cc1ccccc1)C(C)(C)C. The molecule has 0 fully saturated rings. The second-order valence-electron chi connectivity index (χ2n) is 7.91. The van der Waals surface area contributed by atoms with Crippen molar-refractivity contribution < 1.29 is 23.9 Å². The second-order valence-corrected chi connectivity index (χ2v) is 7.91. The summed E-state index contributed by atoms with van der Waals surface area (Å²) < 4.78 is 10.5. The molecule has 0 radical (unpaired) electrons. The van der Waals surface area contributed by atoms with Crippen LogP contribution in [0.15, 0.2) is 54.6 Å². The molecule has 166 valence electrons. The predicted octanol–water partition coefficient (Wildman–Crippen LogP) is 3.19. The molecule has 7 nitrogen and oxygen atoms in total. The van der Waals surface area contributed by atoms with E-state index < -0.39 is 24.0 Å². The first-order valence-electron chi connectivity index (χ1n) is 10.2. The Morgan fingerprint density at radius 2 is 1.61 bits per heavy atom. The van der Waals surface area contributed by atoms with Gasteiger partial charge in [-0.15, -0.1) is 0 Å². The van der Waals surface area contributed by atoms with Crippen molar-refractivity contribution >= 4 is 17.8 Å². The van der Waals surface area contributed by atoms with Crippen LogP contribution in [-0.2, 0) is 20.9 Å². The molecule has 31 heavy (non-hydrogen) atoms. The molecule has 0 atom stereocenters. The first kappa shape index (κ1) is 23.9.